The zero-order valence-electron chi connectivity index (χ0n) is 12.3. The van der Waals surface area contributed by atoms with Crippen LogP contribution >= 0.6 is 0 Å². The van der Waals surface area contributed by atoms with Crippen LogP contribution in [0.15, 0.2) is 18.2 Å². The average molecular weight is 287 g/mol. The minimum Gasteiger partial charge on any atom is -0.497 e. The Labute approximate surface area is 124 Å². The number of benzene rings is 1. The fraction of sp³-hybridized carbons (Fsp3) is 0.588. The monoisotopic (exact) mass is 287 g/mol. The van der Waals surface area contributed by atoms with Crippen LogP contribution in [0.2, 0.25) is 0 Å². The van der Waals surface area contributed by atoms with Gasteiger partial charge in [-0.2, -0.15) is 0 Å². The molecule has 1 aliphatic heterocycles. The molecule has 0 aromatic heterocycles. The highest BCUT2D eigenvalue weighted by Crippen LogP contribution is 2.55. The van der Waals surface area contributed by atoms with Crippen molar-refractivity contribution < 1.29 is 14.6 Å². The van der Waals surface area contributed by atoms with Gasteiger partial charge in [0.05, 0.1) is 12.7 Å². The highest BCUT2D eigenvalue weighted by Gasteiger charge is 2.62. The van der Waals surface area contributed by atoms with Gasteiger partial charge in [-0.25, -0.2) is 0 Å². The second-order valence-corrected chi connectivity index (χ2v) is 6.71. The van der Waals surface area contributed by atoms with Gasteiger partial charge >= 0.3 is 0 Å². The molecular formula is C17H21NO3. The molecule has 4 nitrogen and oxygen atoms in total. The van der Waals surface area contributed by atoms with Gasteiger partial charge < -0.3 is 15.2 Å². The zero-order chi connectivity index (χ0) is 14.7. The van der Waals surface area contributed by atoms with Gasteiger partial charge in [-0.05, 0) is 49.1 Å². The van der Waals surface area contributed by atoms with Crippen molar-refractivity contribution in [2.75, 3.05) is 13.7 Å². The standard InChI is InChI=1S/C17H21NO3/c1-21-13-3-2-11-8-15-17(20)5-4-12(19)10-16(17,6-7-18-15)14(11)9-13/h2-3,9,15,18,20H,4-8,10H2,1H3/t15-,16-,17-/m1/s1. The van der Waals surface area contributed by atoms with Crippen LogP contribution in [0.5, 0.6) is 5.75 Å². The number of piperidine rings is 1. The van der Waals surface area contributed by atoms with Gasteiger partial charge in [-0.1, -0.05) is 6.07 Å². The lowest BCUT2D eigenvalue weighted by atomic mass is 9.50. The van der Waals surface area contributed by atoms with Crippen molar-refractivity contribution in [2.45, 2.75) is 49.2 Å². The quantitative estimate of drug-likeness (QED) is 0.818. The van der Waals surface area contributed by atoms with E-state index in [1.807, 2.05) is 12.1 Å². The summed E-state index contributed by atoms with van der Waals surface area (Å²) in [7, 11) is 1.66. The Morgan fingerprint density at radius 3 is 3.05 bits per heavy atom. The van der Waals surface area contributed by atoms with Crippen LogP contribution in [-0.2, 0) is 16.6 Å². The van der Waals surface area contributed by atoms with Crippen LogP contribution in [0.1, 0.15) is 36.8 Å². The van der Waals surface area contributed by atoms with Crippen LogP contribution in [0.3, 0.4) is 0 Å². The molecule has 2 fully saturated rings. The molecule has 0 amide bonds. The summed E-state index contributed by atoms with van der Waals surface area (Å²) in [6, 6.07) is 6.16. The Morgan fingerprint density at radius 1 is 1.38 bits per heavy atom. The molecule has 112 valence electrons. The van der Waals surface area contributed by atoms with Gasteiger partial charge in [0.15, 0.2) is 0 Å². The van der Waals surface area contributed by atoms with E-state index in [0.717, 1.165) is 30.7 Å². The van der Waals surface area contributed by atoms with Crippen LogP contribution in [-0.4, -0.2) is 36.2 Å². The lowest BCUT2D eigenvalue weighted by Crippen LogP contribution is -2.72. The fourth-order valence-electron chi connectivity index (χ4n) is 4.82. The third-order valence-corrected chi connectivity index (χ3v) is 5.89. The van der Waals surface area contributed by atoms with E-state index in [1.165, 1.54) is 5.56 Å². The predicted molar refractivity (Wildman–Crippen MR) is 78.6 cm³/mol. The summed E-state index contributed by atoms with van der Waals surface area (Å²) in [5, 5.41) is 14.9. The molecule has 1 aromatic carbocycles. The third kappa shape index (κ3) is 1.60. The number of carbonyl (C=O) groups excluding carboxylic acids is 1. The van der Waals surface area contributed by atoms with E-state index in [-0.39, 0.29) is 11.8 Å². The number of rotatable bonds is 1. The van der Waals surface area contributed by atoms with E-state index in [0.29, 0.717) is 19.3 Å². The largest absolute Gasteiger partial charge is 0.497 e. The Kier molecular flexibility index (Phi) is 2.72. The van der Waals surface area contributed by atoms with Crippen molar-refractivity contribution in [3.63, 3.8) is 0 Å². The summed E-state index contributed by atoms with van der Waals surface area (Å²) in [6.45, 7) is 0.858. The minimum atomic E-state index is -0.807. The van der Waals surface area contributed by atoms with E-state index in [4.69, 9.17) is 4.74 Å². The minimum absolute atomic E-state index is 0.0558. The van der Waals surface area contributed by atoms with E-state index < -0.39 is 11.0 Å². The molecule has 1 heterocycles. The first kappa shape index (κ1) is 13.3. The number of ether oxygens (including phenoxy) is 1. The van der Waals surface area contributed by atoms with Crippen molar-refractivity contribution in [1.29, 1.82) is 0 Å². The van der Waals surface area contributed by atoms with E-state index in [9.17, 15) is 9.90 Å². The number of hydrogen-bond acceptors (Lipinski definition) is 4. The van der Waals surface area contributed by atoms with Crippen molar-refractivity contribution in [1.82, 2.24) is 5.32 Å². The molecule has 2 N–H and O–H groups in total. The van der Waals surface area contributed by atoms with Gasteiger partial charge in [0, 0.05) is 24.3 Å². The van der Waals surface area contributed by atoms with Gasteiger partial charge in [0.25, 0.3) is 0 Å². The molecule has 3 atom stereocenters. The Hall–Kier alpha value is -1.39. The average Bonchev–Trinajstić information content (AvgIpc) is 2.47. The topological polar surface area (TPSA) is 58.6 Å². The molecule has 0 unspecified atom stereocenters. The molecule has 0 radical (unpaired) electrons. The zero-order valence-corrected chi connectivity index (χ0v) is 12.3. The number of hydrogen-bond donors (Lipinski definition) is 2. The van der Waals surface area contributed by atoms with Crippen molar-refractivity contribution >= 4 is 5.78 Å². The smallest absolute Gasteiger partial charge is 0.134 e. The number of aliphatic hydroxyl groups is 1. The molecule has 1 saturated heterocycles. The number of carbonyl (C=O) groups is 1. The first-order chi connectivity index (χ1) is 10.1. The lowest BCUT2D eigenvalue weighted by Gasteiger charge is -2.60. The van der Waals surface area contributed by atoms with Gasteiger partial charge in [0.1, 0.15) is 11.5 Å². The first-order valence-electron chi connectivity index (χ1n) is 7.74. The SMILES string of the molecule is COc1ccc2c(c1)[C@]13CCN[C@H](C2)[C@]1(O)CCC(=O)C3. The van der Waals surface area contributed by atoms with Crippen LogP contribution in [0.25, 0.3) is 0 Å². The van der Waals surface area contributed by atoms with Crippen LogP contribution < -0.4 is 10.1 Å². The summed E-state index contributed by atoms with van der Waals surface area (Å²) in [5.41, 5.74) is 1.14. The lowest BCUT2D eigenvalue weighted by molar-refractivity contribution is -0.149. The molecule has 3 aliphatic rings. The van der Waals surface area contributed by atoms with E-state index >= 15 is 0 Å². The van der Waals surface area contributed by atoms with Gasteiger partial charge in [-0.15, -0.1) is 0 Å². The molecule has 0 spiro atoms. The second-order valence-electron chi connectivity index (χ2n) is 6.71. The summed E-state index contributed by atoms with van der Waals surface area (Å²) >= 11 is 0. The maximum absolute atomic E-state index is 12.2. The van der Waals surface area contributed by atoms with E-state index in [1.54, 1.807) is 7.11 Å². The Morgan fingerprint density at radius 2 is 2.24 bits per heavy atom. The molecule has 2 aliphatic carbocycles. The van der Waals surface area contributed by atoms with Crippen LogP contribution in [0, 0.1) is 0 Å². The van der Waals surface area contributed by atoms with Crippen molar-refractivity contribution in [3.8, 4) is 5.75 Å². The second kappa shape index (κ2) is 4.31. The Balaban J connectivity index is 1.95. The molecule has 2 bridgehead atoms. The maximum atomic E-state index is 12.2. The summed E-state index contributed by atoms with van der Waals surface area (Å²) < 4.78 is 5.37. The molecular weight excluding hydrogens is 266 g/mol. The number of Topliss-reactive ketones (excluding diaryl/α,β-unsaturated/α-hetero) is 1. The number of methoxy groups -OCH3 is 1. The molecule has 4 rings (SSSR count). The molecule has 21 heavy (non-hydrogen) atoms. The Bertz CT molecular complexity index is 614. The molecule has 1 saturated carbocycles. The number of nitrogens with one attached hydrogen (secondary N) is 1. The summed E-state index contributed by atoms with van der Waals surface area (Å²) in [5.74, 6) is 1.08. The van der Waals surface area contributed by atoms with Crippen molar-refractivity contribution in [3.05, 3.63) is 29.3 Å². The number of fused-ring (bicyclic) bond motifs is 1. The summed E-state index contributed by atoms with van der Waals surface area (Å²) in [6.07, 6.45) is 3.16. The van der Waals surface area contributed by atoms with Gasteiger partial charge in [0.2, 0.25) is 0 Å². The van der Waals surface area contributed by atoms with E-state index in [2.05, 4.69) is 11.4 Å². The van der Waals surface area contributed by atoms with Crippen molar-refractivity contribution in [2.24, 2.45) is 0 Å². The highest BCUT2D eigenvalue weighted by atomic mass is 16.5. The summed E-state index contributed by atoms with van der Waals surface area (Å²) in [4.78, 5) is 12.2. The van der Waals surface area contributed by atoms with Crippen LogP contribution in [0.4, 0.5) is 0 Å². The highest BCUT2D eigenvalue weighted by molar-refractivity contribution is 5.82. The fourth-order valence-corrected chi connectivity index (χ4v) is 4.82. The number of ketones is 1. The normalized spacial score (nSPS) is 37.6. The first-order valence-corrected chi connectivity index (χ1v) is 7.74. The van der Waals surface area contributed by atoms with Gasteiger partial charge in [-0.3, -0.25) is 4.79 Å². The molecule has 4 heteroatoms. The predicted octanol–water partition coefficient (Wildman–Crippen LogP) is 1.34. The maximum Gasteiger partial charge on any atom is 0.134 e. The third-order valence-electron chi connectivity index (χ3n) is 5.89. The molecule has 1 aromatic rings.